The highest BCUT2D eigenvalue weighted by atomic mass is 16.6. The van der Waals surface area contributed by atoms with E-state index in [1.54, 1.807) is 24.0 Å². The van der Waals surface area contributed by atoms with E-state index in [-0.39, 0.29) is 11.6 Å². The number of hydrogen-bond donors (Lipinski definition) is 0. The molecule has 5 heteroatoms. The maximum absolute atomic E-state index is 12.5. The van der Waals surface area contributed by atoms with Crippen molar-refractivity contribution in [3.63, 3.8) is 0 Å². The van der Waals surface area contributed by atoms with E-state index in [0.717, 1.165) is 25.7 Å². The summed E-state index contributed by atoms with van der Waals surface area (Å²) in [5.74, 6) is -0.111. The highest BCUT2D eigenvalue weighted by Crippen LogP contribution is 2.20. The van der Waals surface area contributed by atoms with Crippen molar-refractivity contribution in [2.24, 2.45) is 0 Å². The lowest BCUT2D eigenvalue weighted by molar-refractivity contribution is -0.385. The first kappa shape index (κ1) is 17.1. The molecule has 0 saturated heterocycles. The number of aryl methyl sites for hydroxylation is 1. The van der Waals surface area contributed by atoms with Crippen LogP contribution in [0.2, 0.25) is 0 Å². The molecule has 0 spiro atoms. The Morgan fingerprint density at radius 2 is 1.76 bits per heavy atom. The number of carbonyl (C=O) groups excluding carboxylic acids is 1. The van der Waals surface area contributed by atoms with Crippen LogP contribution >= 0.6 is 0 Å². The van der Waals surface area contributed by atoms with Crippen LogP contribution in [-0.2, 0) is 0 Å². The molecule has 5 nitrogen and oxygen atoms in total. The van der Waals surface area contributed by atoms with Gasteiger partial charge in [-0.3, -0.25) is 14.9 Å². The number of benzene rings is 1. The van der Waals surface area contributed by atoms with Gasteiger partial charge in [-0.1, -0.05) is 32.8 Å². The quantitative estimate of drug-likeness (QED) is 0.538. The van der Waals surface area contributed by atoms with Crippen molar-refractivity contribution in [1.29, 1.82) is 0 Å². The Bertz CT molecular complexity index is 492. The van der Waals surface area contributed by atoms with Gasteiger partial charge in [0.15, 0.2) is 0 Å². The summed E-state index contributed by atoms with van der Waals surface area (Å²) in [6.45, 7) is 7.25. The molecule has 1 aromatic carbocycles. The molecule has 0 aliphatic heterocycles. The number of amides is 1. The predicted octanol–water partition coefficient (Wildman–Crippen LogP) is 3.95. The molecular weight excluding hydrogens is 268 g/mol. The molecule has 0 radical (unpaired) electrons. The normalized spacial score (nSPS) is 10.4. The molecule has 0 aromatic heterocycles. The summed E-state index contributed by atoms with van der Waals surface area (Å²) in [6, 6.07) is 4.71. The molecule has 0 atom stereocenters. The second-order valence-corrected chi connectivity index (χ2v) is 5.26. The number of rotatable bonds is 8. The lowest BCUT2D eigenvalue weighted by Crippen LogP contribution is -2.33. The minimum atomic E-state index is -0.436. The zero-order valence-electron chi connectivity index (χ0n) is 13.1. The Kier molecular flexibility index (Phi) is 6.85. The maximum Gasteiger partial charge on any atom is 0.273 e. The molecule has 0 N–H and O–H groups in total. The Morgan fingerprint density at radius 3 is 2.24 bits per heavy atom. The maximum atomic E-state index is 12.5. The molecule has 0 aliphatic rings. The van der Waals surface area contributed by atoms with Gasteiger partial charge in [-0.2, -0.15) is 0 Å². The molecule has 0 saturated carbocycles. The summed E-state index contributed by atoms with van der Waals surface area (Å²) in [4.78, 5) is 24.9. The number of nitro groups is 1. The third-order valence-corrected chi connectivity index (χ3v) is 3.50. The summed E-state index contributed by atoms with van der Waals surface area (Å²) in [6.07, 6.45) is 3.93. The van der Waals surface area contributed by atoms with Crippen molar-refractivity contribution in [2.45, 2.75) is 46.5 Å². The van der Waals surface area contributed by atoms with E-state index in [0.29, 0.717) is 24.2 Å². The topological polar surface area (TPSA) is 63.5 Å². The second-order valence-electron chi connectivity index (χ2n) is 5.26. The average molecular weight is 292 g/mol. The van der Waals surface area contributed by atoms with Crippen LogP contribution in [0.5, 0.6) is 0 Å². The van der Waals surface area contributed by atoms with Crippen LogP contribution in [0.25, 0.3) is 0 Å². The van der Waals surface area contributed by atoms with Crippen LogP contribution in [0.1, 0.15) is 55.5 Å². The SMILES string of the molecule is CCCCN(CCCC)C(=O)c1ccc(C)c([N+](=O)[O-])c1. The van der Waals surface area contributed by atoms with Crippen LogP contribution in [0.15, 0.2) is 18.2 Å². The smallest absolute Gasteiger partial charge is 0.273 e. The van der Waals surface area contributed by atoms with Crippen molar-refractivity contribution in [1.82, 2.24) is 4.90 Å². The van der Waals surface area contributed by atoms with Gasteiger partial charge in [0.1, 0.15) is 0 Å². The number of nitrogens with zero attached hydrogens (tertiary/aromatic N) is 2. The second kappa shape index (κ2) is 8.39. The molecule has 0 aliphatic carbocycles. The van der Waals surface area contributed by atoms with Crippen LogP contribution in [-0.4, -0.2) is 28.8 Å². The zero-order valence-corrected chi connectivity index (χ0v) is 13.1. The predicted molar refractivity (Wildman–Crippen MR) is 83.6 cm³/mol. The first-order valence-electron chi connectivity index (χ1n) is 7.55. The van der Waals surface area contributed by atoms with E-state index < -0.39 is 4.92 Å². The fraction of sp³-hybridized carbons (Fsp3) is 0.562. The molecule has 1 aromatic rings. The lowest BCUT2D eigenvalue weighted by Gasteiger charge is -2.22. The number of carbonyl (C=O) groups is 1. The van der Waals surface area contributed by atoms with Crippen molar-refractivity contribution in [3.8, 4) is 0 Å². The van der Waals surface area contributed by atoms with Gasteiger partial charge in [-0.05, 0) is 25.8 Å². The van der Waals surface area contributed by atoms with E-state index in [9.17, 15) is 14.9 Å². The van der Waals surface area contributed by atoms with Gasteiger partial charge < -0.3 is 4.90 Å². The third kappa shape index (κ3) is 4.85. The molecule has 116 valence electrons. The Balaban J connectivity index is 2.96. The summed E-state index contributed by atoms with van der Waals surface area (Å²) >= 11 is 0. The molecule has 0 bridgehead atoms. The fourth-order valence-electron chi connectivity index (χ4n) is 2.13. The van der Waals surface area contributed by atoms with Gasteiger partial charge in [-0.25, -0.2) is 0 Å². The average Bonchev–Trinajstić information content (AvgIpc) is 2.47. The Morgan fingerprint density at radius 1 is 1.19 bits per heavy atom. The van der Waals surface area contributed by atoms with Crippen LogP contribution in [0.4, 0.5) is 5.69 Å². The van der Waals surface area contributed by atoms with Crippen molar-refractivity contribution in [3.05, 3.63) is 39.4 Å². The molecular formula is C16H24N2O3. The number of unbranched alkanes of at least 4 members (excludes halogenated alkanes) is 2. The highest BCUT2D eigenvalue weighted by Gasteiger charge is 2.19. The highest BCUT2D eigenvalue weighted by molar-refractivity contribution is 5.95. The summed E-state index contributed by atoms with van der Waals surface area (Å²) in [5.41, 5.74) is 0.983. The van der Waals surface area contributed by atoms with Gasteiger partial charge in [0.05, 0.1) is 4.92 Å². The van der Waals surface area contributed by atoms with Crippen molar-refractivity contribution >= 4 is 11.6 Å². The first-order chi connectivity index (χ1) is 10.0. The van der Waals surface area contributed by atoms with Gasteiger partial charge in [0.25, 0.3) is 11.6 Å². The van der Waals surface area contributed by atoms with Crippen LogP contribution in [0.3, 0.4) is 0 Å². The summed E-state index contributed by atoms with van der Waals surface area (Å²) in [5, 5.41) is 11.0. The molecule has 0 fully saturated rings. The first-order valence-corrected chi connectivity index (χ1v) is 7.55. The minimum Gasteiger partial charge on any atom is -0.339 e. The lowest BCUT2D eigenvalue weighted by atomic mass is 10.1. The molecule has 0 unspecified atom stereocenters. The molecule has 1 amide bonds. The number of nitro benzene ring substituents is 1. The Hall–Kier alpha value is -1.91. The molecule has 1 rings (SSSR count). The van der Waals surface area contributed by atoms with Crippen LogP contribution < -0.4 is 0 Å². The summed E-state index contributed by atoms with van der Waals surface area (Å²) in [7, 11) is 0. The van der Waals surface area contributed by atoms with Gasteiger partial charge in [0.2, 0.25) is 0 Å². The zero-order chi connectivity index (χ0) is 15.8. The third-order valence-electron chi connectivity index (χ3n) is 3.50. The standard InChI is InChI=1S/C16H24N2O3/c1-4-6-10-17(11-7-5-2)16(19)14-9-8-13(3)15(12-14)18(20)21/h8-9,12H,4-7,10-11H2,1-3H3. The number of hydrogen-bond acceptors (Lipinski definition) is 3. The van der Waals surface area contributed by atoms with E-state index in [2.05, 4.69) is 13.8 Å². The monoisotopic (exact) mass is 292 g/mol. The van der Waals surface area contributed by atoms with E-state index >= 15 is 0 Å². The van der Waals surface area contributed by atoms with E-state index in [1.807, 2.05) is 0 Å². The van der Waals surface area contributed by atoms with E-state index in [4.69, 9.17) is 0 Å². The fourth-order valence-corrected chi connectivity index (χ4v) is 2.13. The van der Waals surface area contributed by atoms with Gasteiger partial charge in [0, 0.05) is 30.3 Å². The van der Waals surface area contributed by atoms with Crippen molar-refractivity contribution < 1.29 is 9.72 Å². The molecule has 21 heavy (non-hydrogen) atoms. The van der Waals surface area contributed by atoms with Gasteiger partial charge in [-0.15, -0.1) is 0 Å². The minimum absolute atomic E-state index is 0.00628. The Labute approximate surface area is 126 Å². The van der Waals surface area contributed by atoms with Gasteiger partial charge >= 0.3 is 0 Å². The van der Waals surface area contributed by atoms with Crippen molar-refractivity contribution in [2.75, 3.05) is 13.1 Å². The summed E-state index contributed by atoms with van der Waals surface area (Å²) < 4.78 is 0. The largest absolute Gasteiger partial charge is 0.339 e. The van der Waals surface area contributed by atoms with Crippen LogP contribution in [0, 0.1) is 17.0 Å². The van der Waals surface area contributed by atoms with E-state index in [1.165, 1.54) is 6.07 Å². The molecule has 0 heterocycles.